The van der Waals surface area contributed by atoms with E-state index in [2.05, 4.69) is 47.4 Å². The molecule has 1 fully saturated rings. The summed E-state index contributed by atoms with van der Waals surface area (Å²) >= 11 is 1.47. The monoisotopic (exact) mass is 386 g/mol. The van der Waals surface area contributed by atoms with Crippen molar-refractivity contribution in [2.24, 2.45) is 0 Å². The Balaban J connectivity index is 1.46. The molecule has 1 amide bonds. The second-order valence-electron chi connectivity index (χ2n) is 7.33. The van der Waals surface area contributed by atoms with Crippen LogP contribution >= 0.6 is 11.5 Å². The Morgan fingerprint density at radius 3 is 2.52 bits per heavy atom. The number of piperazine rings is 1. The minimum absolute atomic E-state index is 0.308. The van der Waals surface area contributed by atoms with Gasteiger partial charge in [0, 0.05) is 50.6 Å². The van der Waals surface area contributed by atoms with Gasteiger partial charge in [0.15, 0.2) is 0 Å². The van der Waals surface area contributed by atoms with Crippen molar-refractivity contribution in [2.75, 3.05) is 31.1 Å². The highest BCUT2D eigenvalue weighted by atomic mass is 32.1. The van der Waals surface area contributed by atoms with E-state index in [9.17, 15) is 4.79 Å². The van der Waals surface area contributed by atoms with Crippen LogP contribution in [-0.4, -0.2) is 46.3 Å². The number of nitrogens with zero attached hydrogens (tertiary/aromatic N) is 4. The fraction of sp³-hybridized carbons (Fsp3) is 0.571. The summed E-state index contributed by atoms with van der Waals surface area (Å²) < 4.78 is 4.53. The number of unbranched alkanes of at least 4 members (excludes halogenated alkanes) is 3. The number of aryl methyl sites for hydroxylation is 1. The van der Waals surface area contributed by atoms with Crippen LogP contribution in [0.2, 0.25) is 0 Å². The standard InChI is InChI=1S/C21H30N4OS/c1-3-4-5-6-7-20(26)24-12-14-25(15-13-24)21-22-19(23-27-21)16-18-10-8-17(2)9-11-18/h8-11H,3-7,12-16H2,1-2H3. The Morgan fingerprint density at radius 1 is 1.07 bits per heavy atom. The second kappa shape index (κ2) is 9.83. The Kier molecular flexibility index (Phi) is 7.21. The van der Waals surface area contributed by atoms with E-state index in [0.29, 0.717) is 12.3 Å². The van der Waals surface area contributed by atoms with Gasteiger partial charge in [0.05, 0.1) is 0 Å². The number of hydrogen-bond acceptors (Lipinski definition) is 5. The molecule has 6 heteroatoms. The summed E-state index contributed by atoms with van der Waals surface area (Å²) in [6.07, 6.45) is 6.08. The molecule has 0 radical (unpaired) electrons. The average molecular weight is 387 g/mol. The first kappa shape index (κ1) is 19.8. The number of aromatic nitrogens is 2. The minimum atomic E-state index is 0.308. The van der Waals surface area contributed by atoms with Crippen molar-refractivity contribution in [1.29, 1.82) is 0 Å². The van der Waals surface area contributed by atoms with Crippen LogP contribution in [-0.2, 0) is 11.2 Å². The molecule has 0 bridgehead atoms. The van der Waals surface area contributed by atoms with Crippen molar-refractivity contribution in [3.8, 4) is 0 Å². The Labute approximate surface area is 166 Å². The number of anilines is 1. The van der Waals surface area contributed by atoms with Crippen molar-refractivity contribution in [3.05, 3.63) is 41.2 Å². The van der Waals surface area contributed by atoms with E-state index >= 15 is 0 Å². The van der Waals surface area contributed by atoms with Crippen LogP contribution in [0.3, 0.4) is 0 Å². The van der Waals surface area contributed by atoms with Gasteiger partial charge in [0.2, 0.25) is 11.0 Å². The number of carbonyl (C=O) groups excluding carboxylic acids is 1. The predicted octanol–water partition coefficient (Wildman–Crippen LogP) is 4.06. The third-order valence-electron chi connectivity index (χ3n) is 5.09. The van der Waals surface area contributed by atoms with E-state index in [4.69, 9.17) is 4.98 Å². The fourth-order valence-electron chi connectivity index (χ4n) is 3.34. The molecule has 2 aromatic rings. The Morgan fingerprint density at radius 2 is 1.81 bits per heavy atom. The summed E-state index contributed by atoms with van der Waals surface area (Å²) in [4.78, 5) is 21.3. The number of carbonyl (C=O) groups is 1. The van der Waals surface area contributed by atoms with Crippen LogP contribution in [0, 0.1) is 6.92 Å². The molecule has 1 aliphatic rings. The maximum absolute atomic E-state index is 12.3. The van der Waals surface area contributed by atoms with Crippen LogP contribution in [0.4, 0.5) is 5.13 Å². The molecule has 1 aromatic carbocycles. The summed E-state index contributed by atoms with van der Waals surface area (Å²) in [6, 6.07) is 8.53. The summed E-state index contributed by atoms with van der Waals surface area (Å²) in [5, 5.41) is 0.979. The minimum Gasteiger partial charge on any atom is -0.343 e. The van der Waals surface area contributed by atoms with E-state index in [1.165, 1.54) is 35.5 Å². The maximum Gasteiger partial charge on any atom is 0.222 e. The van der Waals surface area contributed by atoms with Crippen molar-refractivity contribution in [3.63, 3.8) is 0 Å². The maximum atomic E-state index is 12.3. The zero-order chi connectivity index (χ0) is 19.1. The topological polar surface area (TPSA) is 49.3 Å². The van der Waals surface area contributed by atoms with Gasteiger partial charge in [0.1, 0.15) is 5.82 Å². The molecule has 1 aliphatic heterocycles. The highest BCUT2D eigenvalue weighted by molar-refractivity contribution is 7.09. The summed E-state index contributed by atoms with van der Waals surface area (Å²) in [5.74, 6) is 1.19. The van der Waals surface area contributed by atoms with Crippen molar-refractivity contribution in [2.45, 2.75) is 52.4 Å². The third kappa shape index (κ3) is 5.76. The lowest BCUT2D eigenvalue weighted by atomic mass is 10.1. The molecule has 146 valence electrons. The molecule has 0 unspecified atom stereocenters. The summed E-state index contributed by atoms with van der Waals surface area (Å²) in [6.45, 7) is 7.57. The van der Waals surface area contributed by atoms with E-state index < -0.39 is 0 Å². The van der Waals surface area contributed by atoms with Crippen molar-refractivity contribution < 1.29 is 4.79 Å². The number of amides is 1. The lowest BCUT2D eigenvalue weighted by molar-refractivity contribution is -0.131. The molecule has 5 nitrogen and oxygen atoms in total. The van der Waals surface area contributed by atoms with Gasteiger partial charge in [-0.2, -0.15) is 4.37 Å². The van der Waals surface area contributed by atoms with E-state index in [0.717, 1.165) is 56.4 Å². The quantitative estimate of drug-likeness (QED) is 0.642. The molecular weight excluding hydrogens is 356 g/mol. The molecule has 0 spiro atoms. The molecule has 1 saturated heterocycles. The molecule has 0 aliphatic carbocycles. The van der Waals surface area contributed by atoms with Gasteiger partial charge in [-0.15, -0.1) is 0 Å². The van der Waals surface area contributed by atoms with Gasteiger partial charge in [-0.3, -0.25) is 4.79 Å². The van der Waals surface area contributed by atoms with Gasteiger partial charge in [0.25, 0.3) is 0 Å². The highest BCUT2D eigenvalue weighted by Gasteiger charge is 2.23. The predicted molar refractivity (Wildman–Crippen MR) is 111 cm³/mol. The van der Waals surface area contributed by atoms with Crippen LogP contribution in [0.1, 0.15) is 56.0 Å². The van der Waals surface area contributed by atoms with Gasteiger partial charge in [-0.05, 0) is 18.9 Å². The van der Waals surface area contributed by atoms with Gasteiger partial charge >= 0.3 is 0 Å². The molecule has 0 N–H and O–H groups in total. The first-order chi connectivity index (χ1) is 13.2. The van der Waals surface area contributed by atoms with Crippen LogP contribution in [0.15, 0.2) is 24.3 Å². The second-order valence-corrected chi connectivity index (χ2v) is 8.06. The van der Waals surface area contributed by atoms with Crippen LogP contribution in [0.5, 0.6) is 0 Å². The summed E-state index contributed by atoms with van der Waals surface area (Å²) in [5.41, 5.74) is 2.51. The van der Waals surface area contributed by atoms with Crippen molar-refractivity contribution >= 4 is 22.6 Å². The molecule has 27 heavy (non-hydrogen) atoms. The first-order valence-electron chi connectivity index (χ1n) is 10.1. The number of hydrogen-bond donors (Lipinski definition) is 0. The zero-order valence-electron chi connectivity index (χ0n) is 16.5. The first-order valence-corrected chi connectivity index (χ1v) is 10.8. The summed E-state index contributed by atoms with van der Waals surface area (Å²) in [7, 11) is 0. The molecular formula is C21H30N4OS. The highest BCUT2D eigenvalue weighted by Crippen LogP contribution is 2.21. The molecule has 0 saturated carbocycles. The lowest BCUT2D eigenvalue weighted by Gasteiger charge is -2.34. The largest absolute Gasteiger partial charge is 0.343 e. The molecule has 0 atom stereocenters. The van der Waals surface area contributed by atoms with E-state index in [1.54, 1.807) is 0 Å². The van der Waals surface area contributed by atoms with Gasteiger partial charge < -0.3 is 9.80 Å². The molecule has 2 heterocycles. The molecule has 3 rings (SSSR count). The van der Waals surface area contributed by atoms with E-state index in [1.807, 2.05) is 4.90 Å². The molecule has 1 aromatic heterocycles. The Bertz CT molecular complexity index is 720. The van der Waals surface area contributed by atoms with Crippen LogP contribution in [0.25, 0.3) is 0 Å². The van der Waals surface area contributed by atoms with Crippen molar-refractivity contribution in [1.82, 2.24) is 14.3 Å². The number of benzene rings is 1. The smallest absolute Gasteiger partial charge is 0.222 e. The lowest BCUT2D eigenvalue weighted by Crippen LogP contribution is -2.48. The normalized spacial score (nSPS) is 14.6. The Hall–Kier alpha value is -1.95. The van der Waals surface area contributed by atoms with E-state index in [-0.39, 0.29) is 0 Å². The zero-order valence-corrected chi connectivity index (χ0v) is 17.3. The van der Waals surface area contributed by atoms with Gasteiger partial charge in [-0.1, -0.05) is 56.0 Å². The fourth-order valence-corrected chi connectivity index (χ4v) is 4.08. The van der Waals surface area contributed by atoms with Gasteiger partial charge in [-0.25, -0.2) is 4.98 Å². The third-order valence-corrected chi connectivity index (χ3v) is 5.90. The SMILES string of the molecule is CCCCCCC(=O)N1CCN(c2nc(Cc3ccc(C)cc3)ns2)CC1. The number of rotatable bonds is 8. The average Bonchev–Trinajstić information content (AvgIpc) is 3.15. The van der Waals surface area contributed by atoms with Crippen LogP contribution < -0.4 is 4.90 Å².